The highest BCUT2D eigenvalue weighted by molar-refractivity contribution is 5.33. The molecule has 2 rings (SSSR count). The summed E-state index contributed by atoms with van der Waals surface area (Å²) in [7, 11) is 0. The second-order valence-corrected chi connectivity index (χ2v) is 4.76. The second-order valence-electron chi connectivity index (χ2n) is 4.76. The summed E-state index contributed by atoms with van der Waals surface area (Å²) < 4.78 is 0. The molecule has 0 atom stereocenters. The number of benzene rings is 1. The molecular weight excluding hydrogens is 220 g/mol. The number of aryl methyl sites for hydroxylation is 2. The van der Waals surface area contributed by atoms with Gasteiger partial charge in [-0.05, 0) is 54.7 Å². The van der Waals surface area contributed by atoms with Crippen LogP contribution < -0.4 is 5.32 Å². The standard InChI is InChI=1S/C16H20N2/c1-12-5-4-6-16(14(12)3)11-18-10-15-7-8-17-9-13(15)2/h4-9,18H,10-11H2,1-3H3. The van der Waals surface area contributed by atoms with Gasteiger partial charge < -0.3 is 5.32 Å². The predicted octanol–water partition coefficient (Wildman–Crippen LogP) is 3.30. The van der Waals surface area contributed by atoms with Gasteiger partial charge in [0.1, 0.15) is 0 Å². The fraction of sp³-hybridized carbons (Fsp3) is 0.312. The molecule has 2 heteroatoms. The highest BCUT2D eigenvalue weighted by atomic mass is 14.8. The van der Waals surface area contributed by atoms with E-state index < -0.39 is 0 Å². The van der Waals surface area contributed by atoms with Gasteiger partial charge in [0.2, 0.25) is 0 Å². The van der Waals surface area contributed by atoms with Gasteiger partial charge in [-0.1, -0.05) is 18.2 Å². The van der Waals surface area contributed by atoms with Gasteiger partial charge in [-0.2, -0.15) is 0 Å². The van der Waals surface area contributed by atoms with Crippen molar-refractivity contribution in [2.45, 2.75) is 33.9 Å². The molecule has 0 saturated carbocycles. The van der Waals surface area contributed by atoms with Crippen molar-refractivity contribution in [2.75, 3.05) is 0 Å². The monoisotopic (exact) mass is 240 g/mol. The summed E-state index contributed by atoms with van der Waals surface area (Å²) in [5, 5.41) is 3.50. The average molecular weight is 240 g/mol. The van der Waals surface area contributed by atoms with Crippen molar-refractivity contribution in [3.63, 3.8) is 0 Å². The Balaban J connectivity index is 1.97. The van der Waals surface area contributed by atoms with Gasteiger partial charge >= 0.3 is 0 Å². The Morgan fingerprint density at radius 1 is 0.944 bits per heavy atom. The second kappa shape index (κ2) is 5.78. The third kappa shape index (κ3) is 2.96. The fourth-order valence-corrected chi connectivity index (χ4v) is 2.04. The Morgan fingerprint density at radius 2 is 1.72 bits per heavy atom. The third-order valence-corrected chi connectivity index (χ3v) is 3.48. The Labute approximate surface area is 109 Å². The molecule has 2 nitrogen and oxygen atoms in total. The summed E-state index contributed by atoms with van der Waals surface area (Å²) in [6, 6.07) is 8.54. The zero-order valence-electron chi connectivity index (χ0n) is 11.3. The smallest absolute Gasteiger partial charge is 0.0300 e. The summed E-state index contributed by atoms with van der Waals surface area (Å²) in [6.07, 6.45) is 3.76. The molecule has 94 valence electrons. The molecule has 2 aromatic rings. The SMILES string of the molecule is Cc1cnccc1CNCc1cccc(C)c1C. The number of hydrogen-bond acceptors (Lipinski definition) is 2. The summed E-state index contributed by atoms with van der Waals surface area (Å²) in [4.78, 5) is 4.11. The molecule has 0 fully saturated rings. The molecular formula is C16H20N2. The van der Waals surface area contributed by atoms with Crippen LogP contribution in [-0.4, -0.2) is 4.98 Å². The van der Waals surface area contributed by atoms with Crippen LogP contribution in [0.4, 0.5) is 0 Å². The van der Waals surface area contributed by atoms with Crippen molar-refractivity contribution in [2.24, 2.45) is 0 Å². The van der Waals surface area contributed by atoms with Crippen molar-refractivity contribution < 1.29 is 0 Å². The van der Waals surface area contributed by atoms with Crippen LogP contribution in [0.15, 0.2) is 36.7 Å². The van der Waals surface area contributed by atoms with E-state index in [2.05, 4.69) is 55.3 Å². The van der Waals surface area contributed by atoms with Crippen LogP contribution in [0.3, 0.4) is 0 Å². The molecule has 0 bridgehead atoms. The van der Waals surface area contributed by atoms with Crippen molar-refractivity contribution in [3.05, 3.63) is 64.5 Å². The van der Waals surface area contributed by atoms with E-state index in [-0.39, 0.29) is 0 Å². The lowest BCUT2D eigenvalue weighted by Crippen LogP contribution is -2.14. The first kappa shape index (κ1) is 12.8. The lowest BCUT2D eigenvalue weighted by molar-refractivity contribution is 0.686. The fourth-order valence-electron chi connectivity index (χ4n) is 2.04. The molecule has 1 aromatic carbocycles. The van der Waals surface area contributed by atoms with E-state index in [1.807, 2.05) is 12.4 Å². The summed E-state index contributed by atoms with van der Waals surface area (Å²) >= 11 is 0. The van der Waals surface area contributed by atoms with Crippen LogP contribution in [0, 0.1) is 20.8 Å². The van der Waals surface area contributed by atoms with E-state index in [0.717, 1.165) is 13.1 Å². The molecule has 1 aromatic heterocycles. The van der Waals surface area contributed by atoms with E-state index >= 15 is 0 Å². The lowest BCUT2D eigenvalue weighted by Gasteiger charge is -2.11. The highest BCUT2D eigenvalue weighted by Crippen LogP contribution is 2.12. The molecule has 0 aliphatic rings. The molecule has 0 radical (unpaired) electrons. The molecule has 0 amide bonds. The Kier molecular flexibility index (Phi) is 4.11. The quantitative estimate of drug-likeness (QED) is 0.887. The van der Waals surface area contributed by atoms with Crippen molar-refractivity contribution in [3.8, 4) is 0 Å². The normalized spacial score (nSPS) is 10.6. The first-order valence-corrected chi connectivity index (χ1v) is 6.34. The molecule has 1 heterocycles. The average Bonchev–Trinajstić information content (AvgIpc) is 2.37. The van der Waals surface area contributed by atoms with Gasteiger partial charge in [-0.3, -0.25) is 4.98 Å². The summed E-state index contributed by atoms with van der Waals surface area (Å²) in [6.45, 7) is 8.24. The van der Waals surface area contributed by atoms with E-state index in [0.29, 0.717) is 0 Å². The van der Waals surface area contributed by atoms with Crippen LogP contribution in [0.1, 0.15) is 27.8 Å². The maximum atomic E-state index is 4.11. The minimum atomic E-state index is 0.891. The van der Waals surface area contributed by atoms with Crippen LogP contribution in [0.5, 0.6) is 0 Å². The highest BCUT2D eigenvalue weighted by Gasteiger charge is 2.01. The molecule has 0 unspecified atom stereocenters. The zero-order valence-corrected chi connectivity index (χ0v) is 11.3. The Bertz CT molecular complexity index is 532. The largest absolute Gasteiger partial charge is 0.309 e. The van der Waals surface area contributed by atoms with E-state index in [9.17, 15) is 0 Å². The minimum absolute atomic E-state index is 0.891. The molecule has 18 heavy (non-hydrogen) atoms. The maximum Gasteiger partial charge on any atom is 0.0300 e. The number of pyridine rings is 1. The van der Waals surface area contributed by atoms with E-state index in [1.165, 1.54) is 27.8 Å². The van der Waals surface area contributed by atoms with Crippen molar-refractivity contribution >= 4 is 0 Å². The first-order valence-electron chi connectivity index (χ1n) is 6.34. The molecule has 0 spiro atoms. The van der Waals surface area contributed by atoms with Crippen LogP contribution in [0.25, 0.3) is 0 Å². The molecule has 1 N–H and O–H groups in total. The number of nitrogens with one attached hydrogen (secondary N) is 1. The molecule has 0 aliphatic heterocycles. The van der Waals surface area contributed by atoms with Crippen LogP contribution in [-0.2, 0) is 13.1 Å². The van der Waals surface area contributed by atoms with Crippen LogP contribution >= 0.6 is 0 Å². The van der Waals surface area contributed by atoms with E-state index in [4.69, 9.17) is 0 Å². The number of aromatic nitrogens is 1. The number of nitrogens with zero attached hydrogens (tertiary/aromatic N) is 1. The first-order chi connectivity index (χ1) is 8.68. The predicted molar refractivity (Wildman–Crippen MR) is 75.4 cm³/mol. The summed E-state index contributed by atoms with van der Waals surface area (Å²) in [5.41, 5.74) is 6.67. The lowest BCUT2D eigenvalue weighted by atomic mass is 10.0. The van der Waals surface area contributed by atoms with Gasteiger partial charge in [0.25, 0.3) is 0 Å². The number of hydrogen-bond donors (Lipinski definition) is 1. The van der Waals surface area contributed by atoms with Crippen molar-refractivity contribution in [1.29, 1.82) is 0 Å². The minimum Gasteiger partial charge on any atom is -0.309 e. The zero-order chi connectivity index (χ0) is 13.0. The van der Waals surface area contributed by atoms with Gasteiger partial charge in [0, 0.05) is 25.5 Å². The van der Waals surface area contributed by atoms with Gasteiger partial charge in [0.15, 0.2) is 0 Å². The maximum absolute atomic E-state index is 4.11. The van der Waals surface area contributed by atoms with E-state index in [1.54, 1.807) is 0 Å². The topological polar surface area (TPSA) is 24.9 Å². The Morgan fingerprint density at radius 3 is 2.50 bits per heavy atom. The third-order valence-electron chi connectivity index (χ3n) is 3.48. The van der Waals surface area contributed by atoms with Crippen molar-refractivity contribution in [1.82, 2.24) is 10.3 Å². The van der Waals surface area contributed by atoms with Gasteiger partial charge in [-0.15, -0.1) is 0 Å². The molecule has 0 saturated heterocycles. The molecule has 0 aliphatic carbocycles. The Hall–Kier alpha value is -1.67. The van der Waals surface area contributed by atoms with Gasteiger partial charge in [-0.25, -0.2) is 0 Å². The van der Waals surface area contributed by atoms with Gasteiger partial charge in [0.05, 0.1) is 0 Å². The van der Waals surface area contributed by atoms with Crippen LogP contribution in [0.2, 0.25) is 0 Å². The number of rotatable bonds is 4. The summed E-state index contributed by atoms with van der Waals surface area (Å²) in [5.74, 6) is 0.